The average molecular weight is 416 g/mol. The minimum atomic E-state index is 0.167. The fourth-order valence-electron chi connectivity index (χ4n) is 2.28. The number of thiazole rings is 1. The Bertz CT molecular complexity index is 973. The number of phenolic OH excluding ortho intramolecular Hbond substituents is 1. The molecule has 0 fully saturated rings. The van der Waals surface area contributed by atoms with Gasteiger partial charge in [0.2, 0.25) is 4.80 Å². The third-order valence-electron chi connectivity index (χ3n) is 3.42. The van der Waals surface area contributed by atoms with Gasteiger partial charge >= 0.3 is 0 Å². The van der Waals surface area contributed by atoms with Crippen LogP contribution in [0.5, 0.6) is 5.75 Å². The van der Waals surface area contributed by atoms with Crippen molar-refractivity contribution in [2.24, 2.45) is 10.1 Å². The molecule has 0 aliphatic heterocycles. The largest absolute Gasteiger partial charge is 0.507 e. The summed E-state index contributed by atoms with van der Waals surface area (Å²) in [4.78, 5) is 5.47. The highest BCUT2D eigenvalue weighted by Gasteiger charge is 2.08. The SMILES string of the molecule is CC(C)N=c1scc(-c2cccc(Br)c2)n1N=Cc1ccccc1O. The summed E-state index contributed by atoms with van der Waals surface area (Å²) in [6.45, 7) is 4.07. The molecule has 0 saturated carbocycles. The van der Waals surface area contributed by atoms with Crippen molar-refractivity contribution in [1.82, 2.24) is 4.68 Å². The normalized spacial score (nSPS) is 12.4. The monoisotopic (exact) mass is 415 g/mol. The van der Waals surface area contributed by atoms with Gasteiger partial charge in [-0.05, 0) is 38.1 Å². The van der Waals surface area contributed by atoms with Crippen LogP contribution in [-0.4, -0.2) is 22.0 Å². The van der Waals surface area contributed by atoms with Gasteiger partial charge in [-0.15, -0.1) is 11.3 Å². The average Bonchev–Trinajstić information content (AvgIpc) is 2.96. The van der Waals surface area contributed by atoms with Gasteiger partial charge in [0.05, 0.1) is 11.9 Å². The van der Waals surface area contributed by atoms with Crippen LogP contribution in [0.25, 0.3) is 11.3 Å². The van der Waals surface area contributed by atoms with E-state index in [2.05, 4.69) is 26.0 Å². The summed E-state index contributed by atoms with van der Waals surface area (Å²) in [5, 5.41) is 16.6. The molecule has 128 valence electrons. The van der Waals surface area contributed by atoms with Gasteiger partial charge in [-0.3, -0.25) is 4.99 Å². The first-order valence-corrected chi connectivity index (χ1v) is 9.54. The predicted molar refractivity (Wildman–Crippen MR) is 107 cm³/mol. The third-order valence-corrected chi connectivity index (χ3v) is 4.75. The number of aromatic hydroxyl groups is 1. The van der Waals surface area contributed by atoms with Crippen LogP contribution in [0.1, 0.15) is 19.4 Å². The first-order valence-electron chi connectivity index (χ1n) is 7.87. The molecule has 0 bridgehead atoms. The van der Waals surface area contributed by atoms with Crippen molar-refractivity contribution in [2.75, 3.05) is 0 Å². The number of phenols is 1. The summed E-state index contributed by atoms with van der Waals surface area (Å²) in [6.07, 6.45) is 1.66. The van der Waals surface area contributed by atoms with Crippen molar-refractivity contribution in [3.05, 3.63) is 68.7 Å². The number of hydrogen-bond donors (Lipinski definition) is 1. The molecule has 2 aromatic carbocycles. The van der Waals surface area contributed by atoms with Gasteiger partial charge < -0.3 is 5.11 Å². The van der Waals surface area contributed by atoms with E-state index in [1.165, 1.54) is 0 Å². The summed E-state index contributed by atoms with van der Waals surface area (Å²) in [5.41, 5.74) is 2.67. The Kier molecular flexibility index (Phi) is 5.50. The molecular weight excluding hydrogens is 398 g/mol. The van der Waals surface area contributed by atoms with Crippen LogP contribution >= 0.6 is 27.3 Å². The highest BCUT2D eigenvalue weighted by atomic mass is 79.9. The quantitative estimate of drug-likeness (QED) is 0.606. The fraction of sp³-hybridized carbons (Fsp3) is 0.158. The van der Waals surface area contributed by atoms with Gasteiger partial charge in [0.25, 0.3) is 0 Å². The molecule has 0 unspecified atom stereocenters. The molecule has 1 heterocycles. The molecule has 0 amide bonds. The summed E-state index contributed by atoms with van der Waals surface area (Å²) >= 11 is 5.06. The van der Waals surface area contributed by atoms with E-state index in [0.29, 0.717) is 5.56 Å². The Labute approximate surface area is 158 Å². The van der Waals surface area contributed by atoms with Crippen molar-refractivity contribution in [1.29, 1.82) is 0 Å². The Morgan fingerprint density at radius 3 is 2.68 bits per heavy atom. The zero-order chi connectivity index (χ0) is 17.8. The lowest BCUT2D eigenvalue weighted by molar-refractivity contribution is 0.474. The van der Waals surface area contributed by atoms with Crippen LogP contribution in [-0.2, 0) is 0 Å². The van der Waals surface area contributed by atoms with Gasteiger partial charge in [-0.1, -0.05) is 40.2 Å². The molecule has 0 spiro atoms. The Hall–Kier alpha value is -2.18. The molecule has 25 heavy (non-hydrogen) atoms. The number of hydrogen-bond acceptors (Lipinski definition) is 4. The third kappa shape index (κ3) is 4.27. The second kappa shape index (κ2) is 7.80. The standard InChI is InChI=1S/C19H18BrN3OS/c1-13(2)22-19-23(21-11-15-6-3-4-9-18(15)24)17(12-25-19)14-7-5-8-16(20)10-14/h3-13,24H,1-2H3. The highest BCUT2D eigenvalue weighted by molar-refractivity contribution is 9.10. The van der Waals surface area contributed by atoms with Crippen LogP contribution in [0.3, 0.4) is 0 Å². The van der Waals surface area contributed by atoms with Crippen molar-refractivity contribution >= 4 is 33.5 Å². The maximum Gasteiger partial charge on any atom is 0.206 e. The van der Waals surface area contributed by atoms with E-state index in [0.717, 1.165) is 20.5 Å². The lowest BCUT2D eigenvalue weighted by atomic mass is 10.2. The lowest BCUT2D eigenvalue weighted by Gasteiger charge is -2.05. The van der Waals surface area contributed by atoms with E-state index in [9.17, 15) is 5.11 Å². The second-order valence-corrected chi connectivity index (χ2v) is 7.50. The van der Waals surface area contributed by atoms with Crippen molar-refractivity contribution in [3.63, 3.8) is 0 Å². The molecular formula is C19H18BrN3OS. The summed E-state index contributed by atoms with van der Waals surface area (Å²) in [5.74, 6) is 0.202. The van der Waals surface area contributed by atoms with E-state index in [1.807, 2.05) is 60.3 Å². The minimum absolute atomic E-state index is 0.167. The van der Waals surface area contributed by atoms with Gasteiger partial charge in [0.15, 0.2) is 0 Å². The fourth-order valence-corrected chi connectivity index (χ4v) is 3.65. The van der Waals surface area contributed by atoms with Gasteiger partial charge in [-0.25, -0.2) is 4.68 Å². The van der Waals surface area contributed by atoms with E-state index >= 15 is 0 Å². The molecule has 0 radical (unpaired) electrons. The molecule has 0 aliphatic rings. The van der Waals surface area contributed by atoms with Crippen molar-refractivity contribution < 1.29 is 5.11 Å². The van der Waals surface area contributed by atoms with E-state index < -0.39 is 0 Å². The number of benzene rings is 2. The van der Waals surface area contributed by atoms with Gasteiger partial charge in [0, 0.05) is 27.0 Å². The predicted octanol–water partition coefficient (Wildman–Crippen LogP) is 4.88. The minimum Gasteiger partial charge on any atom is -0.507 e. The molecule has 1 aromatic heterocycles. The molecule has 3 aromatic rings. The van der Waals surface area contributed by atoms with E-state index in [4.69, 9.17) is 0 Å². The molecule has 1 N–H and O–H groups in total. The molecule has 3 rings (SSSR count). The zero-order valence-electron chi connectivity index (χ0n) is 13.9. The Morgan fingerprint density at radius 2 is 1.96 bits per heavy atom. The van der Waals surface area contributed by atoms with Crippen LogP contribution in [0, 0.1) is 0 Å². The van der Waals surface area contributed by atoms with Gasteiger partial charge in [-0.2, -0.15) is 5.10 Å². The Balaban J connectivity index is 2.12. The van der Waals surface area contributed by atoms with Gasteiger partial charge in [0.1, 0.15) is 5.75 Å². The topological polar surface area (TPSA) is 49.9 Å². The Morgan fingerprint density at radius 1 is 1.16 bits per heavy atom. The van der Waals surface area contributed by atoms with Crippen LogP contribution < -0.4 is 4.80 Å². The summed E-state index contributed by atoms with van der Waals surface area (Å²) in [6, 6.07) is 15.4. The molecule has 0 saturated heterocycles. The first kappa shape index (κ1) is 17.6. The smallest absolute Gasteiger partial charge is 0.206 e. The van der Waals surface area contributed by atoms with Crippen LogP contribution in [0.4, 0.5) is 0 Å². The zero-order valence-corrected chi connectivity index (χ0v) is 16.3. The molecule has 0 atom stereocenters. The molecule has 6 heteroatoms. The summed E-state index contributed by atoms with van der Waals surface area (Å²) < 4.78 is 2.83. The van der Waals surface area contributed by atoms with Crippen molar-refractivity contribution in [2.45, 2.75) is 19.9 Å². The van der Waals surface area contributed by atoms with Crippen LogP contribution in [0.2, 0.25) is 0 Å². The van der Waals surface area contributed by atoms with Crippen LogP contribution in [0.15, 0.2) is 68.5 Å². The number of halogens is 1. The van der Waals surface area contributed by atoms with E-state index in [-0.39, 0.29) is 11.8 Å². The van der Waals surface area contributed by atoms with E-state index in [1.54, 1.807) is 29.7 Å². The number of rotatable bonds is 4. The maximum absolute atomic E-state index is 9.95. The summed E-state index contributed by atoms with van der Waals surface area (Å²) in [7, 11) is 0. The lowest BCUT2D eigenvalue weighted by Crippen LogP contribution is -2.14. The highest BCUT2D eigenvalue weighted by Crippen LogP contribution is 2.24. The number of aromatic nitrogens is 1. The second-order valence-electron chi connectivity index (χ2n) is 5.75. The van der Waals surface area contributed by atoms with Crippen molar-refractivity contribution in [3.8, 4) is 17.0 Å². The first-order chi connectivity index (χ1) is 12.0. The number of para-hydroxylation sites is 1. The number of nitrogens with zero attached hydrogens (tertiary/aromatic N) is 3. The molecule has 4 nitrogen and oxygen atoms in total. The maximum atomic E-state index is 9.95. The molecule has 0 aliphatic carbocycles.